The van der Waals surface area contributed by atoms with Crippen molar-refractivity contribution in [2.45, 2.75) is 73.1 Å². The molecule has 0 atom stereocenters. The van der Waals surface area contributed by atoms with Crippen LogP contribution in [0.1, 0.15) is 60.6 Å². The molecule has 1 rings (SSSR count). The number of aromatic nitrogens is 3. The second-order valence-electron chi connectivity index (χ2n) is 7.06. The molecule has 0 saturated carbocycles. The van der Waals surface area contributed by atoms with Gasteiger partial charge in [-0.2, -0.15) is 0 Å². The summed E-state index contributed by atoms with van der Waals surface area (Å²) in [5.74, 6) is 0. The van der Waals surface area contributed by atoms with Crippen LogP contribution in [0.5, 0.6) is 0 Å². The lowest BCUT2D eigenvalue weighted by atomic mass is 9.82. The summed E-state index contributed by atoms with van der Waals surface area (Å²) in [6.45, 7) is 15.7. The number of ether oxygens (including phenoxy) is 1. The Morgan fingerprint density at radius 3 is 2.33 bits per heavy atom. The molecule has 0 bridgehead atoms. The highest BCUT2D eigenvalue weighted by molar-refractivity contribution is 4.94. The van der Waals surface area contributed by atoms with Crippen LogP contribution in [-0.2, 0) is 16.9 Å². The average molecular weight is 253 g/mol. The maximum absolute atomic E-state index is 5.54. The van der Waals surface area contributed by atoms with Gasteiger partial charge < -0.3 is 4.74 Å². The fourth-order valence-electron chi connectivity index (χ4n) is 2.29. The molecule has 0 saturated heterocycles. The molecule has 0 N–H and O–H groups in total. The summed E-state index contributed by atoms with van der Waals surface area (Å²) < 4.78 is 7.49. The molecule has 0 aliphatic carbocycles. The molecule has 1 aromatic rings. The van der Waals surface area contributed by atoms with Gasteiger partial charge >= 0.3 is 0 Å². The molecule has 0 radical (unpaired) electrons. The van der Waals surface area contributed by atoms with Crippen LogP contribution in [0.4, 0.5) is 0 Å². The van der Waals surface area contributed by atoms with E-state index < -0.39 is 0 Å². The minimum Gasteiger partial charge on any atom is -0.372 e. The largest absolute Gasteiger partial charge is 0.372 e. The first kappa shape index (κ1) is 15.2. The van der Waals surface area contributed by atoms with E-state index in [9.17, 15) is 0 Å². The zero-order valence-corrected chi connectivity index (χ0v) is 12.8. The normalized spacial score (nSPS) is 13.3. The first-order valence-electron chi connectivity index (χ1n) is 6.63. The van der Waals surface area contributed by atoms with Gasteiger partial charge in [-0.1, -0.05) is 26.0 Å². The van der Waals surface area contributed by atoms with E-state index in [-0.39, 0.29) is 17.1 Å². The van der Waals surface area contributed by atoms with Gasteiger partial charge in [-0.05, 0) is 39.5 Å². The van der Waals surface area contributed by atoms with Crippen LogP contribution < -0.4 is 0 Å². The second kappa shape index (κ2) is 5.39. The van der Waals surface area contributed by atoms with Crippen LogP contribution in [0.25, 0.3) is 0 Å². The lowest BCUT2D eigenvalue weighted by molar-refractivity contribution is 0.0635. The molecule has 0 aliphatic heterocycles. The highest BCUT2D eigenvalue weighted by Gasteiger charge is 2.28. The van der Waals surface area contributed by atoms with E-state index in [4.69, 9.17) is 4.74 Å². The minimum absolute atomic E-state index is 0.0265. The van der Waals surface area contributed by atoms with Crippen LogP contribution in [-0.4, -0.2) is 21.1 Å². The predicted molar refractivity (Wildman–Crippen MR) is 73.3 cm³/mol. The van der Waals surface area contributed by atoms with E-state index in [0.29, 0.717) is 6.61 Å². The van der Waals surface area contributed by atoms with Gasteiger partial charge in [0, 0.05) is 0 Å². The van der Waals surface area contributed by atoms with E-state index in [1.165, 1.54) is 0 Å². The Morgan fingerprint density at radius 1 is 1.22 bits per heavy atom. The molecule has 0 fully saturated rings. The monoisotopic (exact) mass is 253 g/mol. The minimum atomic E-state index is -0.0265. The van der Waals surface area contributed by atoms with E-state index in [0.717, 1.165) is 12.1 Å². The van der Waals surface area contributed by atoms with Crippen LogP contribution >= 0.6 is 0 Å². The van der Waals surface area contributed by atoms with E-state index in [2.05, 4.69) is 44.9 Å². The van der Waals surface area contributed by atoms with Crippen molar-refractivity contribution in [3.8, 4) is 0 Å². The Morgan fingerprint density at radius 2 is 1.83 bits per heavy atom. The van der Waals surface area contributed by atoms with Gasteiger partial charge in [0.2, 0.25) is 0 Å². The smallest absolute Gasteiger partial charge is 0.108 e. The number of hydrogen-bond donors (Lipinski definition) is 0. The van der Waals surface area contributed by atoms with Gasteiger partial charge in [-0.15, -0.1) is 5.10 Å². The summed E-state index contributed by atoms with van der Waals surface area (Å²) in [5, 5.41) is 8.41. The quantitative estimate of drug-likeness (QED) is 0.807. The predicted octanol–water partition coefficient (Wildman–Crippen LogP) is 3.37. The maximum atomic E-state index is 5.54. The lowest BCUT2D eigenvalue weighted by Crippen LogP contribution is -2.32. The number of hydrogen-bond acceptors (Lipinski definition) is 3. The van der Waals surface area contributed by atoms with E-state index in [1.807, 2.05) is 24.7 Å². The van der Waals surface area contributed by atoms with Crippen LogP contribution in [0, 0.1) is 5.41 Å². The molecule has 1 aromatic heterocycles. The molecule has 4 nitrogen and oxygen atoms in total. The molecule has 0 aromatic carbocycles. The van der Waals surface area contributed by atoms with Crippen molar-refractivity contribution in [1.82, 2.24) is 15.0 Å². The van der Waals surface area contributed by atoms with Gasteiger partial charge in [0.05, 0.1) is 24.4 Å². The molecule has 4 heteroatoms. The third-order valence-corrected chi connectivity index (χ3v) is 2.69. The fraction of sp³-hybridized carbons (Fsp3) is 0.857. The summed E-state index contributed by atoms with van der Waals surface area (Å²) in [6, 6.07) is 0. The van der Waals surface area contributed by atoms with Crippen molar-refractivity contribution < 1.29 is 4.74 Å². The Hall–Kier alpha value is -0.900. The van der Waals surface area contributed by atoms with Crippen molar-refractivity contribution in [1.29, 1.82) is 0 Å². The van der Waals surface area contributed by atoms with Crippen LogP contribution in [0.3, 0.4) is 0 Å². The average Bonchev–Trinajstić information content (AvgIpc) is 2.59. The lowest BCUT2D eigenvalue weighted by Gasteiger charge is -2.32. The summed E-state index contributed by atoms with van der Waals surface area (Å²) in [4.78, 5) is 0. The van der Waals surface area contributed by atoms with Crippen molar-refractivity contribution in [2.24, 2.45) is 5.41 Å². The van der Waals surface area contributed by atoms with E-state index >= 15 is 0 Å². The van der Waals surface area contributed by atoms with Gasteiger partial charge in [0.25, 0.3) is 0 Å². The maximum Gasteiger partial charge on any atom is 0.108 e. The second-order valence-corrected chi connectivity index (χ2v) is 7.06. The Balaban J connectivity index is 2.72. The van der Waals surface area contributed by atoms with Gasteiger partial charge in [-0.3, -0.25) is 0 Å². The molecule has 0 spiro atoms. The first-order chi connectivity index (χ1) is 8.10. The third kappa shape index (κ3) is 4.77. The summed E-state index contributed by atoms with van der Waals surface area (Å²) in [5.41, 5.74) is 1.14. The number of rotatable bonds is 5. The third-order valence-electron chi connectivity index (χ3n) is 2.69. The van der Waals surface area contributed by atoms with Crippen molar-refractivity contribution in [3.05, 3.63) is 11.9 Å². The van der Waals surface area contributed by atoms with Crippen molar-refractivity contribution in [2.75, 3.05) is 0 Å². The van der Waals surface area contributed by atoms with Gasteiger partial charge in [0.15, 0.2) is 0 Å². The number of nitrogens with zero attached hydrogens (tertiary/aromatic N) is 3. The Labute approximate surface area is 111 Å². The molecule has 18 heavy (non-hydrogen) atoms. The molecule has 1 heterocycles. The summed E-state index contributed by atoms with van der Waals surface area (Å²) in [6.07, 6.45) is 3.26. The standard InChI is InChI=1S/C14H27N3O/c1-11(2)18-9-12-8-17(16-15-12)14(6,7)10-13(3,4)5/h8,11H,9-10H2,1-7H3. The summed E-state index contributed by atoms with van der Waals surface area (Å²) in [7, 11) is 0. The van der Waals surface area contributed by atoms with E-state index in [1.54, 1.807) is 0 Å². The molecule has 0 amide bonds. The highest BCUT2D eigenvalue weighted by atomic mass is 16.5. The van der Waals surface area contributed by atoms with Crippen molar-refractivity contribution in [3.63, 3.8) is 0 Å². The molecule has 0 unspecified atom stereocenters. The molecule has 0 aliphatic rings. The van der Waals surface area contributed by atoms with Crippen LogP contribution in [0.15, 0.2) is 6.20 Å². The van der Waals surface area contributed by atoms with Crippen molar-refractivity contribution >= 4 is 0 Å². The van der Waals surface area contributed by atoms with Gasteiger partial charge in [-0.25, -0.2) is 4.68 Å². The highest BCUT2D eigenvalue weighted by Crippen LogP contribution is 2.31. The summed E-state index contributed by atoms with van der Waals surface area (Å²) >= 11 is 0. The SMILES string of the molecule is CC(C)OCc1cn(C(C)(C)CC(C)(C)C)nn1. The Bertz CT molecular complexity index is 375. The zero-order valence-electron chi connectivity index (χ0n) is 12.8. The zero-order chi connectivity index (χ0) is 14.0. The first-order valence-corrected chi connectivity index (χ1v) is 6.63. The van der Waals surface area contributed by atoms with Crippen LogP contribution in [0.2, 0.25) is 0 Å². The molecular weight excluding hydrogens is 226 g/mol. The molecule has 104 valence electrons. The fourth-order valence-corrected chi connectivity index (χ4v) is 2.29. The van der Waals surface area contributed by atoms with Gasteiger partial charge in [0.1, 0.15) is 5.69 Å². The Kier molecular flexibility index (Phi) is 4.54. The molecular formula is C14H27N3O. The topological polar surface area (TPSA) is 39.9 Å².